The summed E-state index contributed by atoms with van der Waals surface area (Å²) in [5.74, 6) is 1.76. The van der Waals surface area contributed by atoms with Gasteiger partial charge in [-0.25, -0.2) is 0 Å². The predicted molar refractivity (Wildman–Crippen MR) is 98.2 cm³/mol. The van der Waals surface area contributed by atoms with E-state index >= 15 is 0 Å². The maximum Gasteiger partial charge on any atom is 0.0784 e. The minimum atomic E-state index is -0.314. The molecule has 3 fully saturated rings. The van der Waals surface area contributed by atoms with Crippen LogP contribution in [0.25, 0.3) is 0 Å². The van der Waals surface area contributed by atoms with Crippen LogP contribution in [-0.2, 0) is 0 Å². The highest BCUT2D eigenvalue weighted by molar-refractivity contribution is 5.28. The van der Waals surface area contributed by atoms with Gasteiger partial charge in [0.25, 0.3) is 0 Å². The van der Waals surface area contributed by atoms with Gasteiger partial charge in [-0.15, -0.1) is 0 Å². The maximum absolute atomic E-state index is 10.0. The summed E-state index contributed by atoms with van der Waals surface area (Å²) in [4.78, 5) is 0. The molecule has 0 aliphatic heterocycles. The number of hydrogen-bond acceptors (Lipinski definition) is 1. The summed E-state index contributed by atoms with van der Waals surface area (Å²) in [6.07, 6.45) is 17.0. The number of rotatable bonds is 3. The van der Waals surface area contributed by atoms with Gasteiger partial charge in [-0.3, -0.25) is 0 Å². The first-order valence-electron chi connectivity index (χ1n) is 9.85. The Morgan fingerprint density at radius 1 is 1.17 bits per heavy atom. The lowest BCUT2D eigenvalue weighted by atomic mass is 9.60. The molecule has 3 aliphatic carbocycles. The van der Waals surface area contributed by atoms with Gasteiger partial charge < -0.3 is 5.11 Å². The highest BCUT2D eigenvalue weighted by Crippen LogP contribution is 2.60. The van der Waals surface area contributed by atoms with Crippen molar-refractivity contribution in [3.05, 3.63) is 35.5 Å². The number of allylic oxidation sites excluding steroid dienone is 3. The van der Waals surface area contributed by atoms with Crippen LogP contribution in [0.1, 0.15) is 78.1 Å². The zero-order valence-corrected chi connectivity index (χ0v) is 15.1. The molecule has 1 N–H and O–H groups in total. The van der Waals surface area contributed by atoms with Crippen molar-refractivity contribution in [2.75, 3.05) is 0 Å². The molecule has 4 atom stereocenters. The molecular formula is C22H34O. The van der Waals surface area contributed by atoms with Gasteiger partial charge in [0.1, 0.15) is 0 Å². The van der Waals surface area contributed by atoms with Crippen molar-refractivity contribution in [1.82, 2.24) is 0 Å². The largest absolute Gasteiger partial charge is 0.388 e. The van der Waals surface area contributed by atoms with Crippen molar-refractivity contribution in [3.63, 3.8) is 0 Å². The molecule has 0 radical (unpaired) electrons. The van der Waals surface area contributed by atoms with E-state index in [9.17, 15) is 5.11 Å². The molecule has 0 amide bonds. The van der Waals surface area contributed by atoms with E-state index < -0.39 is 0 Å². The molecule has 3 aliphatic rings. The van der Waals surface area contributed by atoms with Crippen molar-refractivity contribution >= 4 is 0 Å². The Bertz CT molecular complexity index is 512. The number of aliphatic hydroxyl groups is 1. The van der Waals surface area contributed by atoms with Crippen molar-refractivity contribution < 1.29 is 5.11 Å². The average molecular weight is 315 g/mol. The van der Waals surface area contributed by atoms with Crippen molar-refractivity contribution in [2.45, 2.75) is 84.2 Å². The van der Waals surface area contributed by atoms with E-state index in [1.165, 1.54) is 50.5 Å². The fourth-order valence-electron chi connectivity index (χ4n) is 5.84. The zero-order chi connectivity index (χ0) is 16.4. The van der Waals surface area contributed by atoms with E-state index in [0.717, 1.165) is 36.7 Å². The van der Waals surface area contributed by atoms with Crippen LogP contribution in [0, 0.1) is 17.3 Å². The Kier molecular flexibility index (Phi) is 5.16. The molecule has 0 aromatic heterocycles. The van der Waals surface area contributed by atoms with E-state index in [-0.39, 0.29) is 6.10 Å². The Hall–Kier alpha value is -0.820. The summed E-state index contributed by atoms with van der Waals surface area (Å²) in [5, 5.41) is 10.0. The first-order chi connectivity index (χ1) is 11.1. The van der Waals surface area contributed by atoms with Crippen molar-refractivity contribution in [2.24, 2.45) is 17.3 Å². The third-order valence-electron chi connectivity index (χ3n) is 7.24. The summed E-state index contributed by atoms with van der Waals surface area (Å²) < 4.78 is 0. The van der Waals surface area contributed by atoms with Crippen molar-refractivity contribution in [3.8, 4) is 0 Å². The normalized spacial score (nSPS) is 41.5. The Labute approximate surface area is 142 Å². The van der Waals surface area contributed by atoms with Crippen LogP contribution in [0.5, 0.6) is 0 Å². The minimum Gasteiger partial charge on any atom is -0.388 e. The van der Waals surface area contributed by atoms with Crippen LogP contribution in [0.3, 0.4) is 0 Å². The van der Waals surface area contributed by atoms with Gasteiger partial charge in [-0.2, -0.15) is 0 Å². The quantitative estimate of drug-likeness (QED) is 0.637. The monoisotopic (exact) mass is 314 g/mol. The van der Waals surface area contributed by atoms with Crippen LogP contribution in [0.15, 0.2) is 35.5 Å². The van der Waals surface area contributed by atoms with Gasteiger partial charge in [0.05, 0.1) is 6.10 Å². The smallest absolute Gasteiger partial charge is 0.0784 e. The topological polar surface area (TPSA) is 20.2 Å². The standard InChI is InChI=1S/C22H34O/c1-4-19-12-13-20-18(7-6-14-22(19,20)5-2)11-10-17-9-8-16(3)21(23)15-17/h10-11,19-21,23H,3-9,12-15H2,1-2H3/b17-10-,18-11+/t19?,20?,21-,22?/m1/s1. The van der Waals surface area contributed by atoms with E-state index in [4.69, 9.17) is 0 Å². The fourth-order valence-corrected chi connectivity index (χ4v) is 5.84. The summed E-state index contributed by atoms with van der Waals surface area (Å²) in [7, 11) is 0. The molecule has 3 rings (SSSR count). The van der Waals surface area contributed by atoms with Gasteiger partial charge in [-0.1, -0.05) is 50.1 Å². The van der Waals surface area contributed by atoms with E-state index in [0.29, 0.717) is 5.41 Å². The second-order valence-electron chi connectivity index (χ2n) is 8.12. The number of hydrogen-bond donors (Lipinski definition) is 1. The van der Waals surface area contributed by atoms with Crippen LogP contribution >= 0.6 is 0 Å². The van der Waals surface area contributed by atoms with Crippen molar-refractivity contribution in [1.29, 1.82) is 0 Å². The van der Waals surface area contributed by atoms with Gasteiger partial charge >= 0.3 is 0 Å². The van der Waals surface area contributed by atoms with Crippen LogP contribution in [0.2, 0.25) is 0 Å². The van der Waals surface area contributed by atoms with Gasteiger partial charge in [0, 0.05) is 0 Å². The van der Waals surface area contributed by atoms with E-state index in [2.05, 4.69) is 32.6 Å². The predicted octanol–water partition coefficient (Wildman–Crippen LogP) is 5.96. The lowest BCUT2D eigenvalue weighted by Crippen LogP contribution is -2.35. The molecule has 0 bridgehead atoms. The molecule has 0 heterocycles. The lowest BCUT2D eigenvalue weighted by molar-refractivity contribution is 0.101. The van der Waals surface area contributed by atoms with Gasteiger partial charge in [0.15, 0.2) is 0 Å². The second-order valence-corrected chi connectivity index (χ2v) is 8.12. The highest BCUT2D eigenvalue weighted by atomic mass is 16.3. The number of aliphatic hydroxyl groups excluding tert-OH is 1. The van der Waals surface area contributed by atoms with Gasteiger partial charge in [0.2, 0.25) is 0 Å². The molecule has 3 unspecified atom stereocenters. The molecule has 0 aromatic rings. The zero-order valence-electron chi connectivity index (χ0n) is 15.1. The molecule has 1 nitrogen and oxygen atoms in total. The van der Waals surface area contributed by atoms with E-state index in [1.54, 1.807) is 5.57 Å². The first kappa shape index (κ1) is 17.0. The molecule has 3 saturated carbocycles. The highest BCUT2D eigenvalue weighted by Gasteiger charge is 2.50. The average Bonchev–Trinajstić information content (AvgIpc) is 2.95. The molecule has 0 spiro atoms. The Morgan fingerprint density at radius 3 is 2.70 bits per heavy atom. The molecule has 128 valence electrons. The molecular weight excluding hydrogens is 280 g/mol. The summed E-state index contributed by atoms with van der Waals surface area (Å²) in [5.41, 5.74) is 4.73. The lowest BCUT2D eigenvalue weighted by Gasteiger charge is -2.44. The Balaban J connectivity index is 1.79. The SMILES string of the molecule is C=C1CC/C(=C/C=C2\CCCC3(CC)C(CC)CCC23)C[C@H]1O. The molecule has 1 heteroatoms. The van der Waals surface area contributed by atoms with Crippen LogP contribution in [-0.4, -0.2) is 11.2 Å². The molecule has 0 aromatic carbocycles. The minimum absolute atomic E-state index is 0.314. The van der Waals surface area contributed by atoms with Gasteiger partial charge in [-0.05, 0) is 80.6 Å². The van der Waals surface area contributed by atoms with Crippen LogP contribution < -0.4 is 0 Å². The maximum atomic E-state index is 10.0. The summed E-state index contributed by atoms with van der Waals surface area (Å²) >= 11 is 0. The summed E-state index contributed by atoms with van der Waals surface area (Å²) in [6, 6.07) is 0. The van der Waals surface area contributed by atoms with E-state index in [1.807, 2.05) is 0 Å². The second kappa shape index (κ2) is 6.97. The molecule has 0 saturated heterocycles. The van der Waals surface area contributed by atoms with Crippen LogP contribution in [0.4, 0.5) is 0 Å². The first-order valence-corrected chi connectivity index (χ1v) is 9.85. The fraction of sp³-hybridized carbons (Fsp3) is 0.727. The third-order valence-corrected chi connectivity index (χ3v) is 7.24. The summed E-state index contributed by atoms with van der Waals surface area (Å²) in [6.45, 7) is 8.78. The molecule has 23 heavy (non-hydrogen) atoms. The Morgan fingerprint density at radius 2 is 2.00 bits per heavy atom. The number of fused-ring (bicyclic) bond motifs is 1. The third kappa shape index (κ3) is 3.09.